The minimum atomic E-state index is -3.54. The van der Waals surface area contributed by atoms with Crippen molar-refractivity contribution in [3.8, 4) is 11.1 Å². The van der Waals surface area contributed by atoms with Crippen molar-refractivity contribution in [3.05, 3.63) is 51.5 Å². The van der Waals surface area contributed by atoms with Crippen LogP contribution in [0.15, 0.2) is 40.2 Å². The summed E-state index contributed by atoms with van der Waals surface area (Å²) in [5, 5.41) is 10.7. The zero-order chi connectivity index (χ0) is 20.1. The van der Waals surface area contributed by atoms with Gasteiger partial charge in [-0.05, 0) is 36.5 Å². The number of sulfone groups is 1. The van der Waals surface area contributed by atoms with Crippen LogP contribution in [0.25, 0.3) is 11.1 Å². The Hall–Kier alpha value is -1.60. The van der Waals surface area contributed by atoms with Crippen LogP contribution < -0.4 is 5.73 Å². The zero-order valence-corrected chi connectivity index (χ0v) is 17.4. The fourth-order valence-electron chi connectivity index (χ4n) is 3.98. The van der Waals surface area contributed by atoms with Crippen molar-refractivity contribution in [2.45, 2.75) is 36.8 Å². The van der Waals surface area contributed by atoms with Crippen LogP contribution in [0.4, 0.5) is 0 Å². The van der Waals surface area contributed by atoms with Gasteiger partial charge in [-0.3, -0.25) is 4.99 Å². The van der Waals surface area contributed by atoms with Crippen molar-refractivity contribution in [2.24, 2.45) is 16.6 Å². The predicted molar refractivity (Wildman–Crippen MR) is 112 cm³/mol. The molecule has 0 bridgehead atoms. The molecule has 2 aromatic rings. The van der Waals surface area contributed by atoms with Crippen LogP contribution in [-0.2, 0) is 16.4 Å². The van der Waals surface area contributed by atoms with Crippen molar-refractivity contribution < 1.29 is 13.5 Å². The molecule has 0 spiro atoms. The highest BCUT2D eigenvalue weighted by Gasteiger charge is 2.31. The first-order valence-corrected chi connectivity index (χ1v) is 11.5. The van der Waals surface area contributed by atoms with Crippen LogP contribution in [0, 0.1) is 5.92 Å². The number of benzene rings is 2. The first-order valence-electron chi connectivity index (χ1n) is 9.10. The summed E-state index contributed by atoms with van der Waals surface area (Å²) >= 11 is 13.0. The number of hydrogen-bond acceptors (Lipinski definition) is 5. The van der Waals surface area contributed by atoms with Crippen LogP contribution in [-0.4, -0.2) is 31.2 Å². The molecule has 8 heteroatoms. The molecule has 1 heterocycles. The SMILES string of the molecule is NC1=NCc2ccc(-c3ccc(S(=O)(=O)C[C@@H]4CCC[C@@H]4O)cc3Cl)c(Cl)c21. The first kappa shape index (κ1) is 19.7. The van der Waals surface area contributed by atoms with Crippen molar-refractivity contribution in [3.63, 3.8) is 0 Å². The Morgan fingerprint density at radius 2 is 1.89 bits per heavy atom. The van der Waals surface area contributed by atoms with Gasteiger partial charge < -0.3 is 10.8 Å². The third-order valence-corrected chi connectivity index (χ3v) is 8.09. The summed E-state index contributed by atoms with van der Waals surface area (Å²) in [5.41, 5.74) is 8.92. The largest absolute Gasteiger partial charge is 0.393 e. The lowest BCUT2D eigenvalue weighted by molar-refractivity contribution is 0.142. The predicted octanol–water partition coefficient (Wildman–Crippen LogP) is 3.81. The quantitative estimate of drug-likeness (QED) is 0.758. The summed E-state index contributed by atoms with van der Waals surface area (Å²) < 4.78 is 25.5. The highest BCUT2D eigenvalue weighted by atomic mass is 35.5. The summed E-state index contributed by atoms with van der Waals surface area (Å²) in [6, 6.07) is 8.41. The molecular formula is C20H20Cl2N2O3S. The molecule has 1 aliphatic carbocycles. The monoisotopic (exact) mass is 438 g/mol. The molecule has 4 rings (SSSR count). The molecule has 2 aromatic carbocycles. The highest BCUT2D eigenvalue weighted by molar-refractivity contribution is 7.91. The summed E-state index contributed by atoms with van der Waals surface area (Å²) in [4.78, 5) is 4.35. The van der Waals surface area contributed by atoms with E-state index in [0.29, 0.717) is 45.5 Å². The normalized spacial score (nSPS) is 21.6. The summed E-state index contributed by atoms with van der Waals surface area (Å²) in [6.45, 7) is 0.499. The highest BCUT2D eigenvalue weighted by Crippen LogP contribution is 2.39. The van der Waals surface area contributed by atoms with E-state index in [2.05, 4.69) is 4.99 Å². The van der Waals surface area contributed by atoms with Gasteiger partial charge in [0.25, 0.3) is 0 Å². The van der Waals surface area contributed by atoms with E-state index in [1.54, 1.807) is 12.1 Å². The van der Waals surface area contributed by atoms with Gasteiger partial charge in [-0.2, -0.15) is 0 Å². The first-order chi connectivity index (χ1) is 13.3. The van der Waals surface area contributed by atoms with Gasteiger partial charge in [0.05, 0.1) is 28.3 Å². The van der Waals surface area contributed by atoms with Crippen molar-refractivity contribution in [1.29, 1.82) is 0 Å². The van der Waals surface area contributed by atoms with E-state index >= 15 is 0 Å². The molecule has 1 aliphatic heterocycles. The maximum absolute atomic E-state index is 12.8. The molecular weight excluding hydrogens is 419 g/mol. The smallest absolute Gasteiger partial charge is 0.178 e. The molecule has 1 fully saturated rings. The fourth-order valence-corrected chi connectivity index (χ4v) is 6.43. The van der Waals surface area contributed by atoms with Gasteiger partial charge in [0.2, 0.25) is 0 Å². The molecule has 0 saturated heterocycles. The van der Waals surface area contributed by atoms with Crippen LogP contribution in [0.3, 0.4) is 0 Å². The van der Waals surface area contributed by atoms with E-state index in [1.165, 1.54) is 6.07 Å². The molecule has 148 valence electrons. The van der Waals surface area contributed by atoms with Crippen molar-refractivity contribution in [1.82, 2.24) is 0 Å². The topological polar surface area (TPSA) is 92.8 Å². The van der Waals surface area contributed by atoms with E-state index in [0.717, 1.165) is 18.4 Å². The summed E-state index contributed by atoms with van der Waals surface area (Å²) in [7, 11) is -3.54. The average Bonchev–Trinajstić information content (AvgIpc) is 3.22. The number of aliphatic hydroxyl groups is 1. The number of amidine groups is 1. The van der Waals surface area contributed by atoms with Gasteiger partial charge in [0.1, 0.15) is 5.84 Å². The minimum Gasteiger partial charge on any atom is -0.393 e. The van der Waals surface area contributed by atoms with Gasteiger partial charge in [0, 0.05) is 21.7 Å². The lowest BCUT2D eigenvalue weighted by atomic mass is 9.99. The Kier molecular flexibility index (Phi) is 5.16. The number of nitrogens with zero attached hydrogens (tertiary/aromatic N) is 1. The minimum absolute atomic E-state index is 0.0730. The molecule has 5 nitrogen and oxygen atoms in total. The Morgan fingerprint density at radius 3 is 2.57 bits per heavy atom. The van der Waals surface area contributed by atoms with Crippen molar-refractivity contribution in [2.75, 3.05) is 5.75 Å². The van der Waals surface area contributed by atoms with Crippen molar-refractivity contribution >= 4 is 38.9 Å². The second-order valence-electron chi connectivity index (χ2n) is 7.34. The number of hydrogen-bond donors (Lipinski definition) is 2. The molecule has 3 N–H and O–H groups in total. The molecule has 1 saturated carbocycles. The molecule has 28 heavy (non-hydrogen) atoms. The number of rotatable bonds is 4. The Balaban J connectivity index is 1.68. The maximum atomic E-state index is 12.8. The van der Waals surface area contributed by atoms with E-state index in [-0.39, 0.29) is 16.6 Å². The van der Waals surface area contributed by atoms with Gasteiger partial charge >= 0.3 is 0 Å². The molecule has 2 aliphatic rings. The van der Waals surface area contributed by atoms with E-state index in [9.17, 15) is 13.5 Å². The lowest BCUT2D eigenvalue weighted by Crippen LogP contribution is -2.23. The average molecular weight is 439 g/mol. The van der Waals surface area contributed by atoms with E-state index in [1.807, 2.05) is 12.1 Å². The molecule has 0 radical (unpaired) electrons. The van der Waals surface area contributed by atoms with E-state index in [4.69, 9.17) is 28.9 Å². The molecule has 0 unspecified atom stereocenters. The van der Waals surface area contributed by atoms with Gasteiger partial charge in [0.15, 0.2) is 9.84 Å². The van der Waals surface area contributed by atoms with E-state index < -0.39 is 15.9 Å². The zero-order valence-electron chi connectivity index (χ0n) is 15.0. The third-order valence-electron chi connectivity index (χ3n) is 5.55. The molecule has 0 amide bonds. The number of aliphatic imine (C=N–C) groups is 1. The number of nitrogens with two attached hydrogens (primary N) is 1. The number of aliphatic hydroxyl groups excluding tert-OH is 1. The molecule has 2 atom stereocenters. The van der Waals surface area contributed by atoms with Gasteiger partial charge in [-0.25, -0.2) is 8.42 Å². The van der Waals surface area contributed by atoms with Gasteiger partial charge in [-0.15, -0.1) is 0 Å². The van der Waals surface area contributed by atoms with Crippen LogP contribution >= 0.6 is 23.2 Å². The standard InChI is InChI=1S/C20H20Cl2N2O3S/c21-16-8-13(28(26,27)10-12-2-1-3-17(12)25)5-7-14(16)15-6-4-11-9-24-20(23)18(11)19(15)22/h4-8,12,17,25H,1-3,9-10H2,(H2,23,24)/t12-,17-/m0/s1. The Morgan fingerprint density at radius 1 is 1.14 bits per heavy atom. The lowest BCUT2D eigenvalue weighted by Gasteiger charge is -2.16. The number of halogens is 2. The second kappa shape index (κ2) is 7.34. The Labute approximate surface area is 174 Å². The third kappa shape index (κ3) is 3.43. The molecule has 0 aromatic heterocycles. The summed E-state index contributed by atoms with van der Waals surface area (Å²) in [5.74, 6) is 0.0975. The fraction of sp³-hybridized carbons (Fsp3) is 0.350. The summed E-state index contributed by atoms with van der Waals surface area (Å²) in [6.07, 6.45) is 1.68. The maximum Gasteiger partial charge on any atom is 0.178 e. The number of fused-ring (bicyclic) bond motifs is 1. The Bertz CT molecular complexity index is 1080. The van der Waals surface area contributed by atoms with Crippen LogP contribution in [0.1, 0.15) is 30.4 Å². The van der Waals surface area contributed by atoms with Crippen LogP contribution in [0.2, 0.25) is 10.0 Å². The van der Waals surface area contributed by atoms with Gasteiger partial charge in [-0.1, -0.05) is 47.8 Å². The van der Waals surface area contributed by atoms with Crippen LogP contribution in [0.5, 0.6) is 0 Å². The second-order valence-corrected chi connectivity index (χ2v) is 10.2.